The predicted molar refractivity (Wildman–Crippen MR) is 65.5 cm³/mol. The Labute approximate surface area is 109 Å². The summed E-state index contributed by atoms with van der Waals surface area (Å²) in [6, 6.07) is 0. The Kier molecular flexibility index (Phi) is 3.90. The lowest BCUT2D eigenvalue weighted by atomic mass is 10.1. The summed E-state index contributed by atoms with van der Waals surface area (Å²) in [4.78, 5) is 4.14. The summed E-state index contributed by atoms with van der Waals surface area (Å²) in [5, 5.41) is 3.78. The van der Waals surface area contributed by atoms with Crippen LogP contribution in [0.3, 0.4) is 0 Å². The number of allylic oxidation sites excluding steroid dienone is 4. The number of aromatic nitrogens is 2. The van der Waals surface area contributed by atoms with Crippen molar-refractivity contribution in [3.8, 4) is 0 Å². The molecule has 1 saturated heterocycles. The largest absolute Gasteiger partial charge is 0.362 e. The molecular weight excluding hydrogens is 254 g/mol. The van der Waals surface area contributed by atoms with E-state index in [2.05, 4.69) is 23.3 Å². The minimum atomic E-state index is -2.77. The minimum absolute atomic E-state index is 0.156. The molecule has 0 spiro atoms. The molecule has 1 aromatic rings. The first-order chi connectivity index (χ1) is 9.05. The average molecular weight is 268 g/mol. The Morgan fingerprint density at radius 1 is 1.42 bits per heavy atom. The highest BCUT2D eigenvalue weighted by Gasteiger charge is 2.38. The minimum Gasteiger partial charge on any atom is -0.362 e. The van der Waals surface area contributed by atoms with Crippen LogP contribution >= 0.6 is 0 Å². The average Bonchev–Trinajstić information content (AvgIpc) is 2.85. The molecule has 1 aliphatic heterocycles. The van der Waals surface area contributed by atoms with Crippen molar-refractivity contribution < 1.29 is 18.0 Å². The van der Waals surface area contributed by atoms with Crippen molar-refractivity contribution in [2.45, 2.75) is 24.9 Å². The van der Waals surface area contributed by atoms with Crippen molar-refractivity contribution >= 4 is 5.57 Å². The van der Waals surface area contributed by atoms with Crippen molar-refractivity contribution in [2.24, 2.45) is 0 Å². The van der Waals surface area contributed by atoms with Gasteiger partial charge >= 0.3 is 0 Å². The number of hydrogen-bond acceptors (Lipinski definition) is 4. The Hall–Kier alpha value is -1.82. The van der Waals surface area contributed by atoms with E-state index in [1.807, 2.05) is 0 Å². The molecule has 0 saturated carbocycles. The summed E-state index contributed by atoms with van der Waals surface area (Å²) in [6.07, 6.45) is 4.15. The van der Waals surface area contributed by atoms with Crippen molar-refractivity contribution in [1.29, 1.82) is 0 Å². The van der Waals surface area contributed by atoms with E-state index in [4.69, 9.17) is 9.26 Å². The molecule has 0 amide bonds. The molecule has 102 valence electrons. The summed E-state index contributed by atoms with van der Waals surface area (Å²) < 4.78 is 36.0. The fraction of sp³-hybridized carbons (Fsp3) is 0.385. The van der Waals surface area contributed by atoms with Gasteiger partial charge in [0.25, 0.3) is 11.8 Å². The first-order valence-corrected chi connectivity index (χ1v) is 5.84. The van der Waals surface area contributed by atoms with Gasteiger partial charge in [-0.05, 0) is 6.42 Å². The lowest BCUT2D eigenvalue weighted by Crippen LogP contribution is -2.31. The molecule has 0 N–H and O–H groups in total. The third kappa shape index (κ3) is 3.14. The zero-order valence-electron chi connectivity index (χ0n) is 10.3. The van der Waals surface area contributed by atoms with E-state index < -0.39 is 18.6 Å². The van der Waals surface area contributed by atoms with E-state index in [0.717, 1.165) is 0 Å². The summed E-state index contributed by atoms with van der Waals surface area (Å²) >= 11 is 0. The number of ether oxygens (including phenoxy) is 1. The highest BCUT2D eigenvalue weighted by atomic mass is 19.3. The normalized spacial score (nSPS) is 23.1. The molecule has 4 nitrogen and oxygen atoms in total. The maximum absolute atomic E-state index is 13.0. The summed E-state index contributed by atoms with van der Waals surface area (Å²) in [5.41, 5.74) is 0.645. The lowest BCUT2D eigenvalue weighted by Gasteiger charge is -2.26. The van der Waals surface area contributed by atoms with Crippen LogP contribution in [0.4, 0.5) is 8.78 Å². The highest BCUT2D eigenvalue weighted by molar-refractivity contribution is 5.69. The Bertz CT molecular complexity index is 498. The van der Waals surface area contributed by atoms with Gasteiger partial charge in [0, 0.05) is 12.0 Å². The van der Waals surface area contributed by atoms with Crippen LogP contribution in [0.5, 0.6) is 0 Å². The van der Waals surface area contributed by atoms with Crippen molar-refractivity contribution in [2.75, 3.05) is 6.61 Å². The summed E-state index contributed by atoms with van der Waals surface area (Å²) in [5.74, 6) is -2.22. The Morgan fingerprint density at radius 2 is 2.21 bits per heavy atom. The van der Waals surface area contributed by atoms with E-state index >= 15 is 0 Å². The number of rotatable bonds is 4. The summed E-state index contributed by atoms with van der Waals surface area (Å²) in [7, 11) is 0. The van der Waals surface area contributed by atoms with Gasteiger partial charge in [-0.25, -0.2) is 8.78 Å². The van der Waals surface area contributed by atoms with E-state index in [9.17, 15) is 8.78 Å². The molecule has 0 aliphatic carbocycles. The fourth-order valence-corrected chi connectivity index (χ4v) is 1.76. The molecule has 0 aromatic carbocycles. The molecule has 1 fully saturated rings. The second-order valence-corrected chi connectivity index (χ2v) is 4.21. The highest BCUT2D eigenvalue weighted by Crippen LogP contribution is 2.35. The predicted octanol–water partition coefficient (Wildman–Crippen LogP) is 3.31. The van der Waals surface area contributed by atoms with E-state index in [1.54, 1.807) is 18.2 Å². The number of halogens is 2. The molecule has 19 heavy (non-hydrogen) atoms. The van der Waals surface area contributed by atoms with Crippen LogP contribution in [0.1, 0.15) is 30.7 Å². The van der Waals surface area contributed by atoms with Gasteiger partial charge < -0.3 is 9.26 Å². The van der Waals surface area contributed by atoms with Gasteiger partial charge in [0.2, 0.25) is 5.82 Å². The molecule has 0 radical (unpaired) electrons. The second-order valence-electron chi connectivity index (χ2n) is 4.21. The zero-order chi connectivity index (χ0) is 13.9. The summed E-state index contributed by atoms with van der Waals surface area (Å²) in [6.45, 7) is 6.58. The molecule has 6 heteroatoms. The van der Waals surface area contributed by atoms with Gasteiger partial charge in [0.15, 0.2) is 0 Å². The van der Waals surface area contributed by atoms with E-state index in [0.29, 0.717) is 11.4 Å². The van der Waals surface area contributed by atoms with Gasteiger partial charge in [-0.3, -0.25) is 0 Å². The molecule has 1 aliphatic rings. The monoisotopic (exact) mass is 268 g/mol. The van der Waals surface area contributed by atoms with E-state index in [-0.39, 0.29) is 18.7 Å². The SMILES string of the molecule is C=CC=C(C=C)c1noc(C2CCC(F)(F)CO2)n1. The quantitative estimate of drug-likeness (QED) is 0.786. The third-order valence-electron chi connectivity index (χ3n) is 2.76. The standard InChI is InChI=1S/C13H14F2N2O2/c1-3-5-9(4-2)11-16-12(19-17-11)10-6-7-13(14,15)8-18-10/h3-5,10H,1-2,6-8H2. The topological polar surface area (TPSA) is 48.2 Å². The van der Waals surface area contributed by atoms with Crippen LogP contribution in [0.2, 0.25) is 0 Å². The maximum Gasteiger partial charge on any atom is 0.271 e. The van der Waals surface area contributed by atoms with Gasteiger partial charge in [0.05, 0.1) is 0 Å². The maximum atomic E-state index is 13.0. The van der Waals surface area contributed by atoms with Crippen LogP contribution in [0.25, 0.3) is 5.57 Å². The third-order valence-corrected chi connectivity index (χ3v) is 2.76. The number of nitrogens with zero attached hydrogens (tertiary/aromatic N) is 2. The van der Waals surface area contributed by atoms with Crippen LogP contribution < -0.4 is 0 Å². The molecule has 1 atom stereocenters. The van der Waals surface area contributed by atoms with Crippen molar-refractivity contribution in [1.82, 2.24) is 10.1 Å². The first-order valence-electron chi connectivity index (χ1n) is 5.84. The second kappa shape index (κ2) is 5.44. The zero-order valence-corrected chi connectivity index (χ0v) is 10.3. The van der Waals surface area contributed by atoms with Crippen LogP contribution in [0, 0.1) is 0 Å². The van der Waals surface area contributed by atoms with Crippen LogP contribution in [-0.2, 0) is 4.74 Å². The molecule has 1 aromatic heterocycles. The van der Waals surface area contributed by atoms with Gasteiger partial charge in [-0.15, -0.1) is 0 Å². The lowest BCUT2D eigenvalue weighted by molar-refractivity contribution is -0.151. The van der Waals surface area contributed by atoms with Crippen LogP contribution in [0.15, 0.2) is 35.9 Å². The smallest absolute Gasteiger partial charge is 0.271 e. The molecule has 2 heterocycles. The number of alkyl halides is 2. The fourth-order valence-electron chi connectivity index (χ4n) is 1.76. The molecule has 2 rings (SSSR count). The van der Waals surface area contributed by atoms with Crippen molar-refractivity contribution in [3.63, 3.8) is 0 Å². The van der Waals surface area contributed by atoms with Gasteiger partial charge in [0.1, 0.15) is 12.7 Å². The molecule has 1 unspecified atom stereocenters. The van der Waals surface area contributed by atoms with E-state index in [1.165, 1.54) is 0 Å². The first kappa shape index (κ1) is 13.6. The van der Waals surface area contributed by atoms with Gasteiger partial charge in [-0.1, -0.05) is 36.5 Å². The molecule has 0 bridgehead atoms. The Balaban J connectivity index is 2.11. The molecular formula is C13H14F2N2O2. The van der Waals surface area contributed by atoms with Crippen molar-refractivity contribution in [3.05, 3.63) is 43.1 Å². The number of hydrogen-bond donors (Lipinski definition) is 0. The Morgan fingerprint density at radius 3 is 2.79 bits per heavy atom. The van der Waals surface area contributed by atoms with Gasteiger partial charge in [-0.2, -0.15) is 4.98 Å². The van der Waals surface area contributed by atoms with Crippen LogP contribution in [-0.4, -0.2) is 22.7 Å².